The number of ketones is 1. The van der Waals surface area contributed by atoms with E-state index in [1.54, 1.807) is 13.8 Å². The number of carbonyl (C=O) groups excluding carboxylic acids is 3. The fourth-order valence-electron chi connectivity index (χ4n) is 8.58. The van der Waals surface area contributed by atoms with Gasteiger partial charge in [-0.2, -0.15) is 0 Å². The van der Waals surface area contributed by atoms with E-state index in [0.717, 1.165) is 0 Å². The molecule has 42 heavy (non-hydrogen) atoms. The molecule has 4 fully saturated rings. The minimum atomic E-state index is -1.66. The maximum Gasteiger partial charge on any atom is 0.303 e. The highest BCUT2D eigenvalue weighted by Gasteiger charge is 2.75. The molecule has 2 saturated heterocycles. The van der Waals surface area contributed by atoms with Crippen LogP contribution in [0.5, 0.6) is 0 Å². The van der Waals surface area contributed by atoms with E-state index in [4.69, 9.17) is 23.7 Å². The highest BCUT2D eigenvalue weighted by Crippen LogP contribution is 2.66. The van der Waals surface area contributed by atoms with Crippen LogP contribution in [0.1, 0.15) is 67.7 Å². The summed E-state index contributed by atoms with van der Waals surface area (Å²) in [7, 11) is 0. The second-order valence-electron chi connectivity index (χ2n) is 13.7. The Hall–Kier alpha value is -1.93. The van der Waals surface area contributed by atoms with Crippen LogP contribution >= 0.6 is 0 Å². The standard InChI is InChI=1S/C30H46O12/c1-9-28(6)12-16(34)23-29(7)18(41-26-21(37)20(36)19(35)17(13-31)40-26)10-11-27(4,5)24(29)22(38-14(2)32)25(39-15(3)33)30(23,8)42-28/h9,17-26,31,35-37H,1,10-13H2,2-8H3. The summed E-state index contributed by atoms with van der Waals surface area (Å²) in [5.74, 6) is -2.97. The molecular formula is C30H46O12. The van der Waals surface area contributed by atoms with Crippen molar-refractivity contribution in [2.45, 2.75) is 128 Å². The SMILES string of the molecule is C=CC1(C)CC(=O)C2C(C)(O1)C(OC(C)=O)C(OC(C)=O)C1C(C)(C)CCC(OC3OC(CO)C(O)C(O)C3O)C12C. The lowest BCUT2D eigenvalue weighted by Crippen LogP contribution is -2.78. The Bertz CT molecular complexity index is 1090. The number of carbonyl (C=O) groups is 3. The summed E-state index contributed by atoms with van der Waals surface area (Å²) in [4.78, 5) is 39.4. The van der Waals surface area contributed by atoms with Crippen molar-refractivity contribution in [3.63, 3.8) is 0 Å². The van der Waals surface area contributed by atoms with E-state index in [2.05, 4.69) is 6.58 Å². The summed E-state index contributed by atoms with van der Waals surface area (Å²) >= 11 is 0. The van der Waals surface area contributed by atoms with Gasteiger partial charge in [0.1, 0.15) is 41.9 Å². The van der Waals surface area contributed by atoms with Gasteiger partial charge in [-0.25, -0.2) is 0 Å². The van der Waals surface area contributed by atoms with Gasteiger partial charge < -0.3 is 44.1 Å². The molecule has 13 atom stereocenters. The Kier molecular flexibility index (Phi) is 8.80. The van der Waals surface area contributed by atoms with Gasteiger partial charge in [0.2, 0.25) is 0 Å². The fourth-order valence-corrected chi connectivity index (χ4v) is 8.58. The van der Waals surface area contributed by atoms with Crippen molar-refractivity contribution < 1.29 is 58.5 Å². The van der Waals surface area contributed by atoms with E-state index in [1.165, 1.54) is 19.9 Å². The highest BCUT2D eigenvalue weighted by molar-refractivity contribution is 5.86. The fraction of sp³-hybridized carbons (Fsp3) is 0.833. The predicted molar refractivity (Wildman–Crippen MR) is 146 cm³/mol. The largest absolute Gasteiger partial charge is 0.458 e. The van der Waals surface area contributed by atoms with Crippen LogP contribution in [-0.2, 0) is 38.1 Å². The third-order valence-electron chi connectivity index (χ3n) is 10.1. The number of ether oxygens (including phenoxy) is 5. The van der Waals surface area contributed by atoms with Crippen molar-refractivity contribution in [1.29, 1.82) is 0 Å². The molecule has 12 nitrogen and oxygen atoms in total. The molecule has 4 rings (SSSR count). The Morgan fingerprint density at radius 3 is 2.19 bits per heavy atom. The minimum Gasteiger partial charge on any atom is -0.458 e. The van der Waals surface area contributed by atoms with Gasteiger partial charge in [0, 0.05) is 31.6 Å². The van der Waals surface area contributed by atoms with Gasteiger partial charge in [-0.3, -0.25) is 14.4 Å². The minimum absolute atomic E-state index is 0.0166. The monoisotopic (exact) mass is 598 g/mol. The van der Waals surface area contributed by atoms with Gasteiger partial charge in [0.25, 0.3) is 0 Å². The van der Waals surface area contributed by atoms with Gasteiger partial charge in [-0.1, -0.05) is 26.8 Å². The quantitative estimate of drug-likeness (QED) is 0.250. The van der Waals surface area contributed by atoms with E-state index in [-0.39, 0.29) is 12.2 Å². The van der Waals surface area contributed by atoms with Gasteiger partial charge in [0.15, 0.2) is 12.4 Å². The lowest BCUT2D eigenvalue weighted by atomic mass is 9.41. The summed E-state index contributed by atoms with van der Waals surface area (Å²) in [6.45, 7) is 15.0. The van der Waals surface area contributed by atoms with Crippen LogP contribution in [0.2, 0.25) is 0 Å². The van der Waals surface area contributed by atoms with Crippen LogP contribution in [0.15, 0.2) is 12.7 Å². The molecule has 0 bridgehead atoms. The predicted octanol–water partition coefficient (Wildman–Crippen LogP) is 0.800. The number of Topliss-reactive ketones (excluding diaryl/α,β-unsaturated/α-hetero) is 1. The number of esters is 2. The number of hydrogen-bond acceptors (Lipinski definition) is 12. The van der Waals surface area contributed by atoms with Crippen molar-refractivity contribution in [2.24, 2.45) is 22.7 Å². The van der Waals surface area contributed by atoms with Crippen LogP contribution < -0.4 is 0 Å². The third kappa shape index (κ3) is 5.22. The average molecular weight is 599 g/mol. The van der Waals surface area contributed by atoms with Gasteiger partial charge in [-0.05, 0) is 32.1 Å². The van der Waals surface area contributed by atoms with Crippen molar-refractivity contribution >= 4 is 17.7 Å². The van der Waals surface area contributed by atoms with E-state index in [1.807, 2.05) is 20.8 Å². The Balaban J connectivity index is 1.90. The molecule has 12 heteroatoms. The molecule has 2 heterocycles. The number of rotatable bonds is 6. The summed E-state index contributed by atoms with van der Waals surface area (Å²) < 4.78 is 30.6. The van der Waals surface area contributed by atoms with Crippen LogP contribution in [0.3, 0.4) is 0 Å². The lowest BCUT2D eigenvalue weighted by molar-refractivity contribution is -0.358. The molecule has 4 N–H and O–H groups in total. The molecule has 2 saturated carbocycles. The molecule has 0 radical (unpaired) electrons. The number of aliphatic hydroxyl groups is 4. The molecule has 0 aromatic heterocycles. The van der Waals surface area contributed by atoms with E-state index in [9.17, 15) is 34.8 Å². The summed E-state index contributed by atoms with van der Waals surface area (Å²) in [5.41, 5.74) is -4.32. The number of fused-ring (bicyclic) bond motifs is 3. The van der Waals surface area contributed by atoms with Crippen molar-refractivity contribution in [3.8, 4) is 0 Å². The zero-order valence-electron chi connectivity index (χ0n) is 25.4. The second-order valence-corrected chi connectivity index (χ2v) is 13.7. The molecule has 2 aliphatic carbocycles. The zero-order valence-corrected chi connectivity index (χ0v) is 25.4. The molecule has 238 valence electrons. The molecule has 0 amide bonds. The van der Waals surface area contributed by atoms with Crippen molar-refractivity contribution in [3.05, 3.63) is 12.7 Å². The van der Waals surface area contributed by atoms with Crippen molar-refractivity contribution in [1.82, 2.24) is 0 Å². The highest BCUT2D eigenvalue weighted by atomic mass is 16.7. The van der Waals surface area contributed by atoms with E-state index < -0.39 is 101 Å². The van der Waals surface area contributed by atoms with Crippen LogP contribution in [0.4, 0.5) is 0 Å². The molecule has 4 aliphatic rings. The lowest BCUT2D eigenvalue weighted by Gasteiger charge is -2.69. The Labute approximate surface area is 246 Å². The molecule has 0 aromatic rings. The average Bonchev–Trinajstić information content (AvgIpc) is 2.86. The van der Waals surface area contributed by atoms with Crippen LogP contribution in [0, 0.1) is 22.7 Å². The summed E-state index contributed by atoms with van der Waals surface area (Å²) in [6.07, 6.45) is -8.12. The molecule has 2 aliphatic heterocycles. The normalized spacial score (nSPS) is 48.4. The first-order chi connectivity index (χ1) is 19.4. The van der Waals surface area contributed by atoms with Gasteiger partial charge >= 0.3 is 11.9 Å². The van der Waals surface area contributed by atoms with Gasteiger partial charge in [-0.15, -0.1) is 6.58 Å². The number of aliphatic hydroxyl groups excluding tert-OH is 4. The molecule has 13 unspecified atom stereocenters. The third-order valence-corrected chi connectivity index (χ3v) is 10.1. The Morgan fingerprint density at radius 1 is 1.02 bits per heavy atom. The smallest absolute Gasteiger partial charge is 0.303 e. The first-order valence-electron chi connectivity index (χ1n) is 14.5. The van der Waals surface area contributed by atoms with Crippen LogP contribution in [0.25, 0.3) is 0 Å². The molecule has 0 spiro atoms. The topological polar surface area (TPSA) is 178 Å². The summed E-state index contributed by atoms with van der Waals surface area (Å²) in [5, 5.41) is 41.3. The second kappa shape index (κ2) is 11.2. The van der Waals surface area contributed by atoms with E-state index >= 15 is 0 Å². The zero-order chi connectivity index (χ0) is 31.6. The maximum atomic E-state index is 14.3. The first kappa shape index (κ1) is 33.0. The Morgan fingerprint density at radius 2 is 1.64 bits per heavy atom. The number of hydrogen-bond donors (Lipinski definition) is 4. The molecule has 0 aromatic carbocycles. The summed E-state index contributed by atoms with van der Waals surface area (Å²) in [6, 6.07) is 0. The first-order valence-corrected chi connectivity index (χ1v) is 14.5. The van der Waals surface area contributed by atoms with Crippen molar-refractivity contribution in [2.75, 3.05) is 6.61 Å². The van der Waals surface area contributed by atoms with E-state index in [0.29, 0.717) is 12.8 Å². The maximum absolute atomic E-state index is 14.3. The van der Waals surface area contributed by atoms with Crippen LogP contribution in [-0.4, -0.2) is 105 Å². The van der Waals surface area contributed by atoms with Gasteiger partial charge in [0.05, 0.1) is 24.2 Å². The molecular weight excluding hydrogens is 552 g/mol.